The summed E-state index contributed by atoms with van der Waals surface area (Å²) >= 11 is 6.89. The van der Waals surface area contributed by atoms with Gasteiger partial charge in [0.25, 0.3) is 0 Å². The number of nitrogens with two attached hydrogens (primary N) is 1. The van der Waals surface area contributed by atoms with Crippen molar-refractivity contribution in [2.45, 2.75) is 6.61 Å². The van der Waals surface area contributed by atoms with E-state index in [1.807, 2.05) is 12.1 Å². The number of benzene rings is 2. The van der Waals surface area contributed by atoms with E-state index in [4.69, 9.17) is 15.2 Å². The first-order valence-electron chi connectivity index (χ1n) is 5.70. The van der Waals surface area contributed by atoms with Crippen LogP contribution in [0.25, 0.3) is 0 Å². The number of rotatable bonds is 4. The van der Waals surface area contributed by atoms with Crippen molar-refractivity contribution in [2.75, 3.05) is 12.8 Å². The molecule has 6 heteroatoms. The second kappa shape index (κ2) is 7.34. The molecule has 0 amide bonds. The van der Waals surface area contributed by atoms with Gasteiger partial charge >= 0.3 is 0 Å². The highest BCUT2D eigenvalue weighted by Gasteiger charge is 2.09. The molecule has 0 saturated carbocycles. The molecule has 0 spiro atoms. The summed E-state index contributed by atoms with van der Waals surface area (Å²) in [5.41, 5.74) is 7.51. The molecule has 0 saturated heterocycles. The van der Waals surface area contributed by atoms with E-state index in [9.17, 15) is 0 Å². The molecule has 0 unspecified atom stereocenters. The molecule has 2 aromatic rings. The Bertz CT molecular complexity index is 609. The fourth-order valence-corrected chi connectivity index (χ4v) is 5.60. The normalized spacial score (nSPS) is 10.4. The molecular formula is C14H12I3NO2. The molecule has 0 heterocycles. The number of halogens is 3. The zero-order valence-corrected chi connectivity index (χ0v) is 17.1. The van der Waals surface area contributed by atoms with Gasteiger partial charge in [0.15, 0.2) is 0 Å². The smallest absolute Gasteiger partial charge is 0.146 e. The van der Waals surface area contributed by atoms with Crippen molar-refractivity contribution >= 4 is 73.5 Å². The Morgan fingerprint density at radius 1 is 1.00 bits per heavy atom. The fraction of sp³-hybridized carbons (Fsp3) is 0.143. The Labute approximate surface area is 159 Å². The van der Waals surface area contributed by atoms with Crippen LogP contribution in [0.15, 0.2) is 30.3 Å². The molecule has 0 atom stereocenters. The Morgan fingerprint density at radius 2 is 1.65 bits per heavy atom. The first-order chi connectivity index (χ1) is 9.49. The van der Waals surface area contributed by atoms with Crippen molar-refractivity contribution in [3.63, 3.8) is 0 Å². The molecule has 0 aliphatic heterocycles. The summed E-state index contributed by atoms with van der Waals surface area (Å²) in [7, 11) is 1.63. The third kappa shape index (κ3) is 4.26. The average Bonchev–Trinajstić information content (AvgIpc) is 2.36. The lowest BCUT2D eigenvalue weighted by Crippen LogP contribution is -2.01. The van der Waals surface area contributed by atoms with E-state index in [0.29, 0.717) is 12.3 Å². The maximum absolute atomic E-state index is 5.93. The van der Waals surface area contributed by atoms with Gasteiger partial charge in [0, 0.05) is 15.3 Å². The summed E-state index contributed by atoms with van der Waals surface area (Å²) in [6.45, 7) is 0.466. The predicted molar refractivity (Wildman–Crippen MR) is 106 cm³/mol. The van der Waals surface area contributed by atoms with Crippen LogP contribution in [-0.2, 0) is 6.61 Å². The largest absolute Gasteiger partial charge is 0.497 e. The lowest BCUT2D eigenvalue weighted by atomic mass is 10.2. The highest BCUT2D eigenvalue weighted by Crippen LogP contribution is 2.30. The SMILES string of the molecule is COc1cc(N)cc(COc2c(I)cc(I)cc2I)c1. The summed E-state index contributed by atoms with van der Waals surface area (Å²) in [6, 6.07) is 9.82. The van der Waals surface area contributed by atoms with E-state index in [2.05, 4.69) is 79.9 Å². The zero-order chi connectivity index (χ0) is 14.7. The molecule has 106 valence electrons. The number of ether oxygens (including phenoxy) is 2. The molecule has 0 aromatic heterocycles. The van der Waals surface area contributed by atoms with Crippen LogP contribution < -0.4 is 15.2 Å². The van der Waals surface area contributed by atoms with Gasteiger partial charge in [-0.1, -0.05) is 0 Å². The van der Waals surface area contributed by atoms with Crippen LogP contribution in [-0.4, -0.2) is 7.11 Å². The topological polar surface area (TPSA) is 44.5 Å². The summed E-state index contributed by atoms with van der Waals surface area (Å²) < 4.78 is 14.6. The van der Waals surface area contributed by atoms with Gasteiger partial charge in [0.1, 0.15) is 18.1 Å². The highest BCUT2D eigenvalue weighted by molar-refractivity contribution is 14.1. The van der Waals surface area contributed by atoms with Crippen molar-refractivity contribution in [3.8, 4) is 11.5 Å². The lowest BCUT2D eigenvalue weighted by Gasteiger charge is -2.12. The molecule has 0 aliphatic rings. The minimum atomic E-state index is 0.466. The second-order valence-electron chi connectivity index (χ2n) is 4.10. The Kier molecular flexibility index (Phi) is 6.02. The van der Waals surface area contributed by atoms with Crippen LogP contribution >= 0.6 is 67.8 Å². The molecule has 0 bridgehead atoms. The zero-order valence-electron chi connectivity index (χ0n) is 10.6. The van der Waals surface area contributed by atoms with Crippen LogP contribution in [0.1, 0.15) is 5.56 Å². The highest BCUT2D eigenvalue weighted by atomic mass is 127. The van der Waals surface area contributed by atoms with Crippen molar-refractivity contribution in [3.05, 3.63) is 46.6 Å². The first-order valence-corrected chi connectivity index (χ1v) is 8.94. The Morgan fingerprint density at radius 3 is 2.25 bits per heavy atom. The first kappa shape index (κ1) is 16.4. The van der Waals surface area contributed by atoms with Gasteiger partial charge in [-0.25, -0.2) is 0 Å². The number of methoxy groups -OCH3 is 1. The van der Waals surface area contributed by atoms with E-state index in [1.54, 1.807) is 13.2 Å². The number of anilines is 1. The second-order valence-corrected chi connectivity index (χ2v) is 7.67. The minimum absolute atomic E-state index is 0.466. The number of hydrogen-bond acceptors (Lipinski definition) is 3. The molecule has 20 heavy (non-hydrogen) atoms. The van der Waals surface area contributed by atoms with Crippen LogP contribution in [0.2, 0.25) is 0 Å². The van der Waals surface area contributed by atoms with Gasteiger partial charge in [0.05, 0.1) is 14.3 Å². The summed E-state index contributed by atoms with van der Waals surface area (Å²) in [4.78, 5) is 0. The quantitative estimate of drug-likeness (QED) is 0.407. The maximum atomic E-state index is 5.93. The van der Waals surface area contributed by atoms with Gasteiger partial charge in [0.2, 0.25) is 0 Å². The summed E-state index contributed by atoms with van der Waals surface area (Å²) in [5.74, 6) is 1.66. The van der Waals surface area contributed by atoms with Crippen LogP contribution in [0, 0.1) is 10.7 Å². The van der Waals surface area contributed by atoms with E-state index in [0.717, 1.165) is 24.2 Å². The molecule has 2 rings (SSSR count). The molecule has 0 fully saturated rings. The Balaban J connectivity index is 2.19. The van der Waals surface area contributed by atoms with Gasteiger partial charge < -0.3 is 15.2 Å². The third-order valence-electron chi connectivity index (χ3n) is 2.57. The molecule has 2 N–H and O–H groups in total. The van der Waals surface area contributed by atoms with Crippen LogP contribution in [0.3, 0.4) is 0 Å². The van der Waals surface area contributed by atoms with Crippen molar-refractivity contribution in [1.29, 1.82) is 0 Å². The third-order valence-corrected chi connectivity index (χ3v) is 4.80. The standard InChI is InChI=1S/C14H12I3NO2/c1-19-11-3-8(2-10(18)6-11)7-20-14-12(16)4-9(15)5-13(14)17/h2-6H,7,18H2,1H3. The van der Waals surface area contributed by atoms with E-state index >= 15 is 0 Å². The minimum Gasteiger partial charge on any atom is -0.497 e. The van der Waals surface area contributed by atoms with Crippen LogP contribution in [0.5, 0.6) is 11.5 Å². The van der Waals surface area contributed by atoms with Crippen LogP contribution in [0.4, 0.5) is 5.69 Å². The van der Waals surface area contributed by atoms with Gasteiger partial charge in [-0.2, -0.15) is 0 Å². The average molecular weight is 607 g/mol. The maximum Gasteiger partial charge on any atom is 0.146 e. The Hall–Kier alpha value is 0.0300. The van der Waals surface area contributed by atoms with Crippen molar-refractivity contribution < 1.29 is 9.47 Å². The predicted octanol–water partition coefficient (Wildman–Crippen LogP) is 4.67. The van der Waals surface area contributed by atoms with E-state index in [-0.39, 0.29) is 0 Å². The molecule has 2 aromatic carbocycles. The van der Waals surface area contributed by atoms with Gasteiger partial charge in [-0.05, 0) is 97.6 Å². The molecule has 0 radical (unpaired) electrons. The fourth-order valence-electron chi connectivity index (χ4n) is 1.71. The monoisotopic (exact) mass is 607 g/mol. The molecule has 0 aliphatic carbocycles. The summed E-state index contributed by atoms with van der Waals surface area (Å²) in [5, 5.41) is 0. The van der Waals surface area contributed by atoms with Crippen molar-refractivity contribution in [1.82, 2.24) is 0 Å². The number of hydrogen-bond donors (Lipinski definition) is 1. The molecular weight excluding hydrogens is 595 g/mol. The lowest BCUT2D eigenvalue weighted by molar-refractivity contribution is 0.301. The van der Waals surface area contributed by atoms with Gasteiger partial charge in [-0.3, -0.25) is 0 Å². The van der Waals surface area contributed by atoms with Crippen molar-refractivity contribution in [2.24, 2.45) is 0 Å². The van der Waals surface area contributed by atoms with E-state index < -0.39 is 0 Å². The molecule has 3 nitrogen and oxygen atoms in total. The van der Waals surface area contributed by atoms with E-state index in [1.165, 1.54) is 3.57 Å². The number of nitrogen functional groups attached to an aromatic ring is 1. The summed E-state index contributed by atoms with van der Waals surface area (Å²) in [6.07, 6.45) is 0. The van der Waals surface area contributed by atoms with Gasteiger partial charge in [-0.15, -0.1) is 0 Å².